The first-order valence-corrected chi connectivity index (χ1v) is 12.1. The molecular formula is C24H33Cl2N5O3. The molecule has 1 amide bonds. The summed E-state index contributed by atoms with van der Waals surface area (Å²) in [7, 11) is 1.72. The van der Waals surface area contributed by atoms with Gasteiger partial charge in [0, 0.05) is 55.8 Å². The number of methoxy groups -OCH3 is 1. The molecule has 2 fully saturated rings. The zero-order chi connectivity index (χ0) is 24.7. The topological polar surface area (TPSA) is 101 Å². The number of nitrogens with two attached hydrogens (primary N) is 1. The number of carbonyl (C=O) groups is 1. The van der Waals surface area contributed by atoms with Gasteiger partial charge >= 0.3 is 0 Å². The molecule has 0 aromatic heterocycles. The summed E-state index contributed by atoms with van der Waals surface area (Å²) in [5, 5.41) is 7.74. The van der Waals surface area contributed by atoms with E-state index in [1.165, 1.54) is 0 Å². The number of hydrogen-bond acceptors (Lipinski definition) is 6. The minimum absolute atomic E-state index is 0.0542. The van der Waals surface area contributed by atoms with E-state index in [-0.39, 0.29) is 23.8 Å². The number of anilines is 1. The molecule has 2 saturated heterocycles. The van der Waals surface area contributed by atoms with Crippen molar-refractivity contribution < 1.29 is 14.3 Å². The molecule has 34 heavy (non-hydrogen) atoms. The maximum Gasteiger partial charge on any atom is 0.272 e. The van der Waals surface area contributed by atoms with Gasteiger partial charge in [-0.15, -0.1) is 0 Å². The number of hydrogen-bond donors (Lipinski definition) is 3. The van der Waals surface area contributed by atoms with Crippen LogP contribution in [0.3, 0.4) is 0 Å². The first kappa shape index (κ1) is 26.5. The molecule has 8 nitrogen and oxygen atoms in total. The maximum absolute atomic E-state index is 13.3. The van der Waals surface area contributed by atoms with E-state index < -0.39 is 0 Å². The molecule has 0 unspecified atom stereocenters. The first-order valence-electron chi connectivity index (χ1n) is 11.4. The van der Waals surface area contributed by atoms with Gasteiger partial charge in [-0.1, -0.05) is 29.8 Å². The molecule has 1 aromatic carbocycles. The fourth-order valence-electron chi connectivity index (χ4n) is 4.21. The molecule has 0 saturated carbocycles. The van der Waals surface area contributed by atoms with Crippen LogP contribution in [0.2, 0.25) is 10.0 Å². The molecule has 0 radical (unpaired) electrons. The van der Waals surface area contributed by atoms with Crippen molar-refractivity contribution in [2.75, 3.05) is 38.7 Å². The molecule has 186 valence electrons. The number of rotatable bonds is 8. The van der Waals surface area contributed by atoms with Crippen molar-refractivity contribution in [2.45, 2.75) is 44.4 Å². The molecule has 2 aliphatic rings. The molecule has 0 aliphatic carbocycles. The van der Waals surface area contributed by atoms with Gasteiger partial charge in [-0.25, -0.2) is 4.99 Å². The van der Waals surface area contributed by atoms with Crippen molar-refractivity contribution in [3.8, 4) is 0 Å². The van der Waals surface area contributed by atoms with Crippen LogP contribution in [-0.2, 0) is 14.3 Å². The third kappa shape index (κ3) is 6.73. The van der Waals surface area contributed by atoms with Crippen LogP contribution in [-0.4, -0.2) is 68.7 Å². The van der Waals surface area contributed by atoms with Crippen molar-refractivity contribution >= 4 is 41.1 Å². The van der Waals surface area contributed by atoms with Crippen LogP contribution in [0.5, 0.6) is 0 Å². The predicted molar refractivity (Wildman–Crippen MR) is 137 cm³/mol. The molecule has 10 heteroatoms. The second kappa shape index (κ2) is 12.6. The van der Waals surface area contributed by atoms with E-state index in [0.29, 0.717) is 52.7 Å². The number of aliphatic imine (C=N–C) groups is 1. The predicted octanol–water partition coefficient (Wildman–Crippen LogP) is 3.56. The van der Waals surface area contributed by atoms with E-state index in [1.807, 2.05) is 4.90 Å². The third-order valence-corrected chi connectivity index (χ3v) is 7.01. The number of benzene rings is 1. The number of likely N-dealkylation sites (tertiary alicyclic amines) is 1. The highest BCUT2D eigenvalue weighted by atomic mass is 35.5. The van der Waals surface area contributed by atoms with Crippen molar-refractivity contribution in [3.63, 3.8) is 0 Å². The standard InChI is InChI=1S/C24H33Cl2N5O3/c1-15(16(2)29-18-4-5-19(25)20(26)12-18)23(28-14-27)24(32)31-9-6-17(7-10-31)30-21-8-11-34-13-22(21)33-3/h4-5,12,14,17,21-22,29-30H,2,6-11,13H2,1,3H3,(H2,27,28)/b23-15-/t21-,22+/m1/s1. The quantitative estimate of drug-likeness (QED) is 0.214. The number of amides is 1. The van der Waals surface area contributed by atoms with Gasteiger partial charge in [-0.3, -0.25) is 4.79 Å². The Kier molecular flexibility index (Phi) is 9.79. The smallest absolute Gasteiger partial charge is 0.272 e. The monoisotopic (exact) mass is 509 g/mol. The molecule has 1 aromatic rings. The van der Waals surface area contributed by atoms with Gasteiger partial charge in [-0.2, -0.15) is 0 Å². The van der Waals surface area contributed by atoms with Gasteiger partial charge in [0.15, 0.2) is 0 Å². The van der Waals surface area contributed by atoms with E-state index in [4.69, 9.17) is 38.4 Å². The van der Waals surface area contributed by atoms with Crippen molar-refractivity contribution in [1.82, 2.24) is 10.2 Å². The summed E-state index contributed by atoms with van der Waals surface area (Å²) < 4.78 is 11.1. The van der Waals surface area contributed by atoms with E-state index in [2.05, 4.69) is 22.2 Å². The summed E-state index contributed by atoms with van der Waals surface area (Å²) >= 11 is 12.1. The zero-order valence-corrected chi connectivity index (χ0v) is 21.2. The number of nitrogens with zero attached hydrogens (tertiary/aromatic N) is 2. The first-order chi connectivity index (χ1) is 16.3. The highest BCUT2D eigenvalue weighted by Gasteiger charge is 2.31. The lowest BCUT2D eigenvalue weighted by molar-refractivity contribution is -0.128. The lowest BCUT2D eigenvalue weighted by Gasteiger charge is -2.38. The normalized spacial score (nSPS) is 22.5. The minimum atomic E-state index is -0.171. The largest absolute Gasteiger partial charge is 0.390 e. The summed E-state index contributed by atoms with van der Waals surface area (Å²) in [5.74, 6) is -0.171. The van der Waals surface area contributed by atoms with Crippen molar-refractivity contribution in [2.24, 2.45) is 10.7 Å². The van der Waals surface area contributed by atoms with Crippen LogP contribution in [0.25, 0.3) is 0 Å². The minimum Gasteiger partial charge on any atom is -0.390 e. The third-order valence-electron chi connectivity index (χ3n) is 6.27. The number of piperidine rings is 1. The van der Waals surface area contributed by atoms with Crippen molar-refractivity contribution in [1.29, 1.82) is 0 Å². The Labute approximate surface area is 211 Å². The summed E-state index contributed by atoms with van der Waals surface area (Å²) in [4.78, 5) is 19.3. The van der Waals surface area contributed by atoms with Gasteiger partial charge in [0.25, 0.3) is 5.91 Å². The Hall–Kier alpha value is -2.10. The SMILES string of the molecule is C=C(Nc1ccc(Cl)c(Cl)c1)/C(C)=C(\N=C/N)C(=O)N1CCC(N[C@@H]2CCOC[C@@H]2OC)CC1. The van der Waals surface area contributed by atoms with Crippen LogP contribution in [0.15, 0.2) is 46.7 Å². The second-order valence-electron chi connectivity index (χ2n) is 8.46. The van der Waals surface area contributed by atoms with E-state index in [1.54, 1.807) is 32.2 Å². The molecule has 2 aliphatic heterocycles. The zero-order valence-electron chi connectivity index (χ0n) is 19.7. The Bertz CT molecular complexity index is 945. The second-order valence-corrected chi connectivity index (χ2v) is 9.28. The lowest BCUT2D eigenvalue weighted by atomic mass is 9.99. The van der Waals surface area contributed by atoms with Gasteiger partial charge in [0.1, 0.15) is 5.70 Å². The fourth-order valence-corrected chi connectivity index (χ4v) is 4.51. The Balaban J connectivity index is 1.63. The molecule has 2 atom stereocenters. The van der Waals surface area contributed by atoms with Crippen LogP contribution < -0.4 is 16.4 Å². The summed E-state index contributed by atoms with van der Waals surface area (Å²) in [6, 6.07) is 5.75. The average molecular weight is 510 g/mol. The number of ether oxygens (including phenoxy) is 2. The highest BCUT2D eigenvalue weighted by molar-refractivity contribution is 6.42. The van der Waals surface area contributed by atoms with Gasteiger partial charge < -0.3 is 30.7 Å². The molecule has 0 bridgehead atoms. The highest BCUT2D eigenvalue weighted by Crippen LogP contribution is 2.27. The van der Waals surface area contributed by atoms with Crippen LogP contribution in [0.4, 0.5) is 5.69 Å². The van der Waals surface area contributed by atoms with Crippen molar-refractivity contribution in [3.05, 3.63) is 51.8 Å². The molecule has 2 heterocycles. The Morgan fingerprint density at radius 1 is 1.29 bits per heavy atom. The van der Waals surface area contributed by atoms with E-state index >= 15 is 0 Å². The maximum atomic E-state index is 13.3. The molecule has 0 spiro atoms. The Morgan fingerprint density at radius 3 is 2.68 bits per heavy atom. The summed E-state index contributed by atoms with van der Waals surface area (Å²) in [6.07, 6.45) is 3.80. The fraction of sp³-hybridized carbons (Fsp3) is 0.500. The number of carbonyl (C=O) groups excluding carboxylic acids is 1. The summed E-state index contributed by atoms with van der Waals surface area (Å²) in [5.41, 5.74) is 7.65. The average Bonchev–Trinajstić information content (AvgIpc) is 2.84. The molecule has 3 rings (SSSR count). The Morgan fingerprint density at radius 2 is 2.03 bits per heavy atom. The van der Waals surface area contributed by atoms with Crippen LogP contribution in [0, 0.1) is 0 Å². The number of nitrogens with one attached hydrogen (secondary N) is 2. The van der Waals surface area contributed by atoms with Gasteiger partial charge in [0.2, 0.25) is 0 Å². The molecule has 4 N–H and O–H groups in total. The number of allylic oxidation sites excluding steroid dienone is 1. The number of halogens is 2. The van der Waals surface area contributed by atoms with Crippen LogP contribution >= 0.6 is 23.2 Å². The lowest BCUT2D eigenvalue weighted by Crippen LogP contribution is -2.54. The molecular weight excluding hydrogens is 477 g/mol. The van der Waals surface area contributed by atoms with Gasteiger partial charge in [0.05, 0.1) is 29.1 Å². The summed E-state index contributed by atoms with van der Waals surface area (Å²) in [6.45, 7) is 8.45. The van der Waals surface area contributed by atoms with Gasteiger partial charge in [-0.05, 0) is 44.4 Å². The van der Waals surface area contributed by atoms with Crippen LogP contribution in [0.1, 0.15) is 26.2 Å². The van der Waals surface area contributed by atoms with E-state index in [9.17, 15) is 4.79 Å². The van der Waals surface area contributed by atoms with E-state index in [0.717, 1.165) is 32.2 Å².